The number of Topliss-reactive ketones (excluding diaryl/α,β-unsaturated/α-hetero) is 1. The Morgan fingerprint density at radius 2 is 1.84 bits per heavy atom. The molecule has 226 valence electrons. The van der Waals surface area contributed by atoms with Crippen LogP contribution in [-0.4, -0.2) is 68.8 Å². The molecule has 0 saturated carbocycles. The summed E-state index contributed by atoms with van der Waals surface area (Å²) in [6.45, 7) is 0.634. The fourth-order valence-corrected chi connectivity index (χ4v) is 6.56. The van der Waals surface area contributed by atoms with Crippen LogP contribution in [0.25, 0.3) is 33.4 Å². The van der Waals surface area contributed by atoms with Crippen LogP contribution in [0.4, 0.5) is 14.5 Å². The number of amides is 1. The van der Waals surface area contributed by atoms with Gasteiger partial charge in [0.25, 0.3) is 5.91 Å². The van der Waals surface area contributed by atoms with Crippen molar-refractivity contribution >= 4 is 38.4 Å². The van der Waals surface area contributed by atoms with E-state index in [-0.39, 0.29) is 53.4 Å². The molecule has 0 aliphatic carbocycles. The van der Waals surface area contributed by atoms with Gasteiger partial charge in [-0.05, 0) is 60.9 Å². The van der Waals surface area contributed by atoms with Gasteiger partial charge in [-0.1, -0.05) is 19.1 Å². The van der Waals surface area contributed by atoms with Crippen LogP contribution in [0, 0.1) is 5.82 Å². The fourth-order valence-electron chi connectivity index (χ4n) is 5.65. The number of halogens is 2. The van der Waals surface area contributed by atoms with E-state index in [1.165, 1.54) is 30.3 Å². The molecular formula is C32H32F2N2O6S. The van der Waals surface area contributed by atoms with E-state index >= 15 is 0 Å². The highest BCUT2D eigenvalue weighted by Crippen LogP contribution is 2.42. The lowest BCUT2D eigenvalue weighted by Gasteiger charge is -2.25. The van der Waals surface area contributed by atoms with Crippen molar-refractivity contribution in [3.05, 3.63) is 77.6 Å². The van der Waals surface area contributed by atoms with Crippen LogP contribution >= 0.6 is 0 Å². The number of anilines is 1. The van der Waals surface area contributed by atoms with Crippen LogP contribution in [0.15, 0.2) is 65.1 Å². The zero-order valence-electron chi connectivity index (χ0n) is 23.8. The van der Waals surface area contributed by atoms with E-state index in [9.17, 15) is 31.9 Å². The molecule has 1 aromatic heterocycles. The Morgan fingerprint density at radius 3 is 2.49 bits per heavy atom. The second-order valence-corrected chi connectivity index (χ2v) is 12.4. The van der Waals surface area contributed by atoms with Crippen LogP contribution < -0.4 is 4.31 Å². The topological polar surface area (TPSA) is 108 Å². The fraction of sp³-hybridized carbons (Fsp3) is 0.312. The molecule has 8 nitrogen and oxygen atoms in total. The summed E-state index contributed by atoms with van der Waals surface area (Å²) >= 11 is 0. The van der Waals surface area contributed by atoms with Gasteiger partial charge in [-0.15, -0.1) is 0 Å². The largest absolute Gasteiger partial charge is 0.455 e. The predicted octanol–water partition coefficient (Wildman–Crippen LogP) is 5.83. The first-order valence-electron chi connectivity index (χ1n) is 14.0. The van der Waals surface area contributed by atoms with Gasteiger partial charge in [-0.25, -0.2) is 17.2 Å². The number of aliphatic hydroxyl groups excluding tert-OH is 1. The number of rotatable bonds is 10. The van der Waals surface area contributed by atoms with Gasteiger partial charge < -0.3 is 14.4 Å². The molecule has 43 heavy (non-hydrogen) atoms. The van der Waals surface area contributed by atoms with Gasteiger partial charge >= 0.3 is 0 Å². The summed E-state index contributed by atoms with van der Waals surface area (Å²) in [5.41, 5.74) is 2.16. The molecule has 1 saturated heterocycles. The second-order valence-electron chi connectivity index (χ2n) is 10.5. The number of aliphatic hydroxyl groups is 1. The molecule has 1 N–H and O–H groups in total. The van der Waals surface area contributed by atoms with E-state index in [0.29, 0.717) is 40.6 Å². The van der Waals surface area contributed by atoms with Crippen molar-refractivity contribution in [2.45, 2.75) is 32.2 Å². The van der Waals surface area contributed by atoms with Crippen molar-refractivity contribution in [3.8, 4) is 22.5 Å². The highest BCUT2D eigenvalue weighted by atomic mass is 32.2. The molecule has 1 fully saturated rings. The molecule has 1 aliphatic heterocycles. The highest BCUT2D eigenvalue weighted by molar-refractivity contribution is 7.92. The van der Waals surface area contributed by atoms with Crippen molar-refractivity contribution in [2.75, 3.05) is 36.9 Å². The summed E-state index contributed by atoms with van der Waals surface area (Å²) in [5, 5.41) is 10.1. The third kappa shape index (κ3) is 5.92. The molecule has 0 bridgehead atoms. The summed E-state index contributed by atoms with van der Waals surface area (Å²) in [7, 11) is -3.97. The number of alkyl halides is 1. The average Bonchev–Trinajstić information content (AvgIpc) is 3.63. The first-order chi connectivity index (χ1) is 20.6. The summed E-state index contributed by atoms with van der Waals surface area (Å²) in [6.07, 6.45) is 2.58. The minimum absolute atomic E-state index is 0.113. The lowest BCUT2D eigenvalue weighted by molar-refractivity contribution is 0.0677. The predicted molar refractivity (Wildman–Crippen MR) is 161 cm³/mol. The van der Waals surface area contributed by atoms with Gasteiger partial charge in [0.1, 0.15) is 23.8 Å². The average molecular weight is 611 g/mol. The molecule has 0 radical (unpaired) electrons. The summed E-state index contributed by atoms with van der Waals surface area (Å²) in [5.74, 6) is -0.770. The van der Waals surface area contributed by atoms with Crippen LogP contribution in [-0.2, 0) is 10.0 Å². The minimum atomic E-state index is -3.97. The van der Waals surface area contributed by atoms with Crippen molar-refractivity contribution in [3.63, 3.8) is 0 Å². The SMILES string of the molecule is CCC(=O)c1c(-c2ccc(F)cc2)oc2cc(N(CCF)S(C)(=O)=O)c(-c3cccc(C(=O)N4CCC[C@@H]4CO)c3)cc12. The Hall–Kier alpha value is -4.09. The number of furan rings is 1. The number of benzene rings is 3. The maximum atomic E-state index is 13.7. The van der Waals surface area contributed by atoms with Gasteiger partial charge in [0.2, 0.25) is 10.0 Å². The normalized spacial score (nSPS) is 15.3. The maximum absolute atomic E-state index is 13.7. The molecule has 3 aromatic carbocycles. The molecule has 1 aliphatic rings. The number of nitrogens with zero attached hydrogens (tertiary/aromatic N) is 2. The lowest BCUT2D eigenvalue weighted by Crippen LogP contribution is -2.37. The first kappa shape index (κ1) is 30.4. The Labute approximate surface area is 248 Å². The molecule has 0 unspecified atom stereocenters. The van der Waals surface area contributed by atoms with E-state index in [4.69, 9.17) is 4.42 Å². The van der Waals surface area contributed by atoms with Gasteiger partial charge in [0.05, 0.1) is 36.7 Å². The van der Waals surface area contributed by atoms with E-state index in [2.05, 4.69) is 0 Å². The second kappa shape index (κ2) is 12.3. The third-order valence-corrected chi connectivity index (χ3v) is 8.92. The van der Waals surface area contributed by atoms with Crippen LogP contribution in [0.3, 0.4) is 0 Å². The van der Waals surface area contributed by atoms with Crippen molar-refractivity contribution < 1.29 is 36.3 Å². The smallest absolute Gasteiger partial charge is 0.254 e. The Bertz CT molecular complexity index is 1790. The number of likely N-dealkylation sites (tertiary alicyclic amines) is 1. The maximum Gasteiger partial charge on any atom is 0.254 e. The summed E-state index contributed by atoms with van der Waals surface area (Å²) in [6, 6.07) is 14.9. The Morgan fingerprint density at radius 1 is 1.09 bits per heavy atom. The Balaban J connectivity index is 1.76. The Kier molecular flexibility index (Phi) is 8.66. The first-order valence-corrected chi connectivity index (χ1v) is 15.9. The standard InChI is InChI=1S/C32H32F2N2O6S/c1-3-28(38)30-26-17-25(21-6-4-7-22(16-21)32(39)35-14-5-8-24(35)19-37)27(36(15-13-33)43(2,40)41)18-29(26)42-31(30)20-9-11-23(34)12-10-20/h4,6-7,9-12,16-18,24,37H,3,5,8,13-15,19H2,1-2H3/t24-/m1/s1. The molecule has 0 spiro atoms. The van der Waals surface area contributed by atoms with E-state index in [0.717, 1.165) is 17.0 Å². The highest BCUT2D eigenvalue weighted by Gasteiger charge is 2.30. The van der Waals surface area contributed by atoms with Crippen LogP contribution in [0.2, 0.25) is 0 Å². The van der Waals surface area contributed by atoms with Gasteiger partial charge in [0, 0.05) is 41.1 Å². The van der Waals surface area contributed by atoms with Crippen LogP contribution in [0.5, 0.6) is 0 Å². The lowest BCUT2D eigenvalue weighted by atomic mass is 9.95. The minimum Gasteiger partial charge on any atom is -0.455 e. The number of carbonyl (C=O) groups is 2. The molecule has 5 rings (SSSR count). The summed E-state index contributed by atoms with van der Waals surface area (Å²) < 4.78 is 60.3. The summed E-state index contributed by atoms with van der Waals surface area (Å²) in [4.78, 5) is 28.3. The number of carbonyl (C=O) groups excluding carboxylic acids is 2. The van der Waals surface area contributed by atoms with Crippen molar-refractivity contribution in [1.82, 2.24) is 4.90 Å². The number of hydrogen-bond donors (Lipinski definition) is 1. The third-order valence-electron chi connectivity index (χ3n) is 7.74. The molecule has 4 aromatic rings. The van der Waals surface area contributed by atoms with E-state index in [1.54, 1.807) is 42.2 Å². The molecular weight excluding hydrogens is 578 g/mol. The number of sulfonamides is 1. The van der Waals surface area contributed by atoms with Crippen molar-refractivity contribution in [1.29, 1.82) is 0 Å². The van der Waals surface area contributed by atoms with Gasteiger partial charge in [-0.2, -0.15) is 0 Å². The molecule has 1 amide bonds. The van der Waals surface area contributed by atoms with Crippen molar-refractivity contribution in [2.24, 2.45) is 0 Å². The van der Waals surface area contributed by atoms with Crippen LogP contribution in [0.1, 0.15) is 46.9 Å². The van der Waals surface area contributed by atoms with Gasteiger partial charge in [-0.3, -0.25) is 13.9 Å². The number of fused-ring (bicyclic) bond motifs is 1. The van der Waals surface area contributed by atoms with E-state index in [1.807, 2.05) is 0 Å². The zero-order valence-corrected chi connectivity index (χ0v) is 24.7. The number of ketones is 1. The van der Waals surface area contributed by atoms with Gasteiger partial charge in [0.15, 0.2) is 5.78 Å². The van der Waals surface area contributed by atoms with E-state index < -0.39 is 29.1 Å². The molecule has 1 atom stereocenters. The quantitative estimate of drug-likeness (QED) is 0.227. The number of hydrogen-bond acceptors (Lipinski definition) is 6. The monoisotopic (exact) mass is 610 g/mol. The zero-order chi connectivity index (χ0) is 30.9. The molecule has 2 heterocycles. The molecule has 11 heteroatoms.